The summed E-state index contributed by atoms with van der Waals surface area (Å²) in [5.41, 5.74) is 2.10. The van der Waals surface area contributed by atoms with Crippen molar-refractivity contribution in [3.05, 3.63) is 52.7 Å². The standard InChI is InChI=1S/C14H17N3O/c18-14-16-9-10-17(14)13-7-2-1-5-11(13)12-6-3-4-8-15-12/h1-2,5,7,9-10,12,15H,3-4,6,8H2,(H,16,18). The fourth-order valence-electron chi connectivity index (χ4n) is 2.63. The van der Waals surface area contributed by atoms with Gasteiger partial charge in [0.15, 0.2) is 0 Å². The third-order valence-corrected chi connectivity index (χ3v) is 3.53. The molecule has 1 saturated heterocycles. The number of aromatic amines is 1. The first-order valence-electron chi connectivity index (χ1n) is 6.45. The lowest BCUT2D eigenvalue weighted by atomic mass is 9.96. The Morgan fingerprint density at radius 3 is 2.83 bits per heavy atom. The van der Waals surface area contributed by atoms with Crippen LogP contribution in [-0.2, 0) is 0 Å². The molecule has 4 nitrogen and oxygen atoms in total. The minimum Gasteiger partial charge on any atom is -0.312 e. The van der Waals surface area contributed by atoms with E-state index in [2.05, 4.69) is 16.4 Å². The number of H-pyrrole nitrogens is 1. The number of imidazole rings is 1. The molecule has 1 aromatic heterocycles. The number of para-hydroxylation sites is 1. The zero-order valence-electron chi connectivity index (χ0n) is 10.2. The van der Waals surface area contributed by atoms with Gasteiger partial charge in [-0.3, -0.25) is 4.57 Å². The van der Waals surface area contributed by atoms with E-state index < -0.39 is 0 Å². The van der Waals surface area contributed by atoms with Crippen LogP contribution in [-0.4, -0.2) is 16.1 Å². The highest BCUT2D eigenvalue weighted by molar-refractivity contribution is 5.43. The summed E-state index contributed by atoms with van der Waals surface area (Å²) < 4.78 is 1.67. The molecule has 1 atom stereocenters. The Hall–Kier alpha value is -1.81. The number of aromatic nitrogens is 2. The molecule has 3 rings (SSSR count). The van der Waals surface area contributed by atoms with E-state index in [1.54, 1.807) is 17.0 Å². The second-order valence-electron chi connectivity index (χ2n) is 4.70. The summed E-state index contributed by atoms with van der Waals surface area (Å²) in [6.45, 7) is 1.06. The molecule has 1 aliphatic rings. The van der Waals surface area contributed by atoms with Crippen LogP contribution in [0.25, 0.3) is 5.69 Å². The molecule has 0 amide bonds. The van der Waals surface area contributed by atoms with Crippen LogP contribution in [0.4, 0.5) is 0 Å². The van der Waals surface area contributed by atoms with Crippen molar-refractivity contribution in [3.8, 4) is 5.69 Å². The molecule has 94 valence electrons. The molecule has 0 radical (unpaired) electrons. The second-order valence-corrected chi connectivity index (χ2v) is 4.70. The molecule has 2 heterocycles. The van der Waals surface area contributed by atoms with Gasteiger partial charge in [0.2, 0.25) is 0 Å². The molecule has 1 aromatic carbocycles. The van der Waals surface area contributed by atoms with Gasteiger partial charge in [0.05, 0.1) is 5.69 Å². The van der Waals surface area contributed by atoms with Crippen molar-refractivity contribution in [2.24, 2.45) is 0 Å². The minimum absolute atomic E-state index is 0.0849. The first-order chi connectivity index (χ1) is 8.86. The topological polar surface area (TPSA) is 49.8 Å². The highest BCUT2D eigenvalue weighted by atomic mass is 16.1. The van der Waals surface area contributed by atoms with E-state index >= 15 is 0 Å². The van der Waals surface area contributed by atoms with E-state index in [1.165, 1.54) is 18.4 Å². The van der Waals surface area contributed by atoms with Crippen LogP contribution in [0.5, 0.6) is 0 Å². The fraction of sp³-hybridized carbons (Fsp3) is 0.357. The van der Waals surface area contributed by atoms with Gasteiger partial charge in [-0.25, -0.2) is 4.79 Å². The molecular weight excluding hydrogens is 226 g/mol. The maximum absolute atomic E-state index is 11.7. The minimum atomic E-state index is -0.0849. The quantitative estimate of drug-likeness (QED) is 0.847. The Morgan fingerprint density at radius 2 is 2.11 bits per heavy atom. The van der Waals surface area contributed by atoms with Crippen LogP contribution >= 0.6 is 0 Å². The van der Waals surface area contributed by atoms with E-state index in [1.807, 2.05) is 18.2 Å². The smallest absolute Gasteiger partial charge is 0.312 e. The average Bonchev–Trinajstić information content (AvgIpc) is 2.86. The summed E-state index contributed by atoms with van der Waals surface area (Å²) in [5.74, 6) is 0. The summed E-state index contributed by atoms with van der Waals surface area (Å²) in [4.78, 5) is 14.4. The van der Waals surface area contributed by atoms with Crippen molar-refractivity contribution in [1.29, 1.82) is 0 Å². The lowest BCUT2D eigenvalue weighted by molar-refractivity contribution is 0.411. The molecule has 4 heteroatoms. The summed E-state index contributed by atoms with van der Waals surface area (Å²) >= 11 is 0. The third-order valence-electron chi connectivity index (χ3n) is 3.53. The van der Waals surface area contributed by atoms with Crippen LogP contribution in [0.15, 0.2) is 41.5 Å². The van der Waals surface area contributed by atoms with E-state index in [-0.39, 0.29) is 5.69 Å². The Balaban J connectivity index is 2.05. The van der Waals surface area contributed by atoms with Gasteiger partial charge in [-0.2, -0.15) is 0 Å². The first kappa shape index (κ1) is 11.3. The summed E-state index contributed by atoms with van der Waals surface area (Å²) in [7, 11) is 0. The van der Waals surface area contributed by atoms with Gasteiger partial charge in [-0.05, 0) is 31.0 Å². The van der Waals surface area contributed by atoms with Crippen molar-refractivity contribution >= 4 is 0 Å². The lowest BCUT2D eigenvalue weighted by Gasteiger charge is -2.25. The maximum atomic E-state index is 11.7. The van der Waals surface area contributed by atoms with Crippen LogP contribution in [0.1, 0.15) is 30.9 Å². The van der Waals surface area contributed by atoms with Crippen molar-refractivity contribution in [2.45, 2.75) is 25.3 Å². The predicted octanol–water partition coefficient (Wildman–Crippen LogP) is 1.98. The number of piperidine rings is 1. The normalized spacial score (nSPS) is 19.9. The number of benzene rings is 1. The van der Waals surface area contributed by atoms with Crippen LogP contribution < -0.4 is 11.0 Å². The van der Waals surface area contributed by atoms with Crippen molar-refractivity contribution in [2.75, 3.05) is 6.54 Å². The van der Waals surface area contributed by atoms with Crippen LogP contribution in [0.3, 0.4) is 0 Å². The van der Waals surface area contributed by atoms with Crippen molar-refractivity contribution in [1.82, 2.24) is 14.9 Å². The van der Waals surface area contributed by atoms with E-state index in [4.69, 9.17) is 0 Å². The van der Waals surface area contributed by atoms with E-state index in [9.17, 15) is 4.79 Å². The van der Waals surface area contributed by atoms with Crippen LogP contribution in [0, 0.1) is 0 Å². The second kappa shape index (κ2) is 4.82. The molecule has 1 unspecified atom stereocenters. The largest absolute Gasteiger partial charge is 0.330 e. The van der Waals surface area contributed by atoms with Gasteiger partial charge in [0.1, 0.15) is 0 Å². The van der Waals surface area contributed by atoms with Gasteiger partial charge < -0.3 is 10.3 Å². The number of rotatable bonds is 2. The summed E-state index contributed by atoms with van der Waals surface area (Å²) in [6, 6.07) is 8.48. The molecule has 0 saturated carbocycles. The molecular formula is C14H17N3O. The highest BCUT2D eigenvalue weighted by Crippen LogP contribution is 2.27. The third kappa shape index (κ3) is 1.99. The Labute approximate surface area is 106 Å². The van der Waals surface area contributed by atoms with Gasteiger partial charge in [0.25, 0.3) is 0 Å². The van der Waals surface area contributed by atoms with Gasteiger partial charge in [-0.1, -0.05) is 24.6 Å². The van der Waals surface area contributed by atoms with Gasteiger partial charge in [0, 0.05) is 18.4 Å². The highest BCUT2D eigenvalue weighted by Gasteiger charge is 2.18. The lowest BCUT2D eigenvalue weighted by Crippen LogP contribution is -2.28. The molecule has 1 aliphatic heterocycles. The maximum Gasteiger partial charge on any atom is 0.330 e. The number of hydrogen-bond donors (Lipinski definition) is 2. The monoisotopic (exact) mass is 243 g/mol. The molecule has 0 spiro atoms. The first-order valence-corrected chi connectivity index (χ1v) is 6.45. The zero-order chi connectivity index (χ0) is 12.4. The Bertz CT molecular complexity index is 578. The molecule has 0 bridgehead atoms. The SMILES string of the molecule is O=c1[nH]ccn1-c1ccccc1C1CCCCN1. The predicted molar refractivity (Wildman–Crippen MR) is 71.0 cm³/mol. The molecule has 2 aromatic rings. The molecule has 2 N–H and O–H groups in total. The van der Waals surface area contributed by atoms with Crippen molar-refractivity contribution in [3.63, 3.8) is 0 Å². The molecule has 1 fully saturated rings. The summed E-state index contributed by atoms with van der Waals surface area (Å²) in [5, 5.41) is 3.53. The van der Waals surface area contributed by atoms with Crippen LogP contribution in [0.2, 0.25) is 0 Å². The molecule has 0 aliphatic carbocycles. The van der Waals surface area contributed by atoms with Crippen molar-refractivity contribution < 1.29 is 0 Å². The number of hydrogen-bond acceptors (Lipinski definition) is 2. The Morgan fingerprint density at radius 1 is 1.22 bits per heavy atom. The molecule has 18 heavy (non-hydrogen) atoms. The van der Waals surface area contributed by atoms with Gasteiger partial charge in [-0.15, -0.1) is 0 Å². The fourth-order valence-corrected chi connectivity index (χ4v) is 2.63. The average molecular weight is 243 g/mol. The summed E-state index contributed by atoms with van der Waals surface area (Å²) in [6.07, 6.45) is 7.07. The van der Waals surface area contributed by atoms with E-state index in [0.29, 0.717) is 6.04 Å². The van der Waals surface area contributed by atoms with Gasteiger partial charge >= 0.3 is 5.69 Å². The van der Waals surface area contributed by atoms with E-state index in [0.717, 1.165) is 18.7 Å². The number of nitrogens with zero attached hydrogens (tertiary/aromatic N) is 1. The Kier molecular flexibility index (Phi) is 3.02. The zero-order valence-corrected chi connectivity index (χ0v) is 10.2. The number of nitrogens with one attached hydrogen (secondary N) is 2.